The van der Waals surface area contributed by atoms with Crippen molar-refractivity contribution in [2.45, 2.75) is 6.54 Å². The van der Waals surface area contributed by atoms with Crippen molar-refractivity contribution in [2.75, 3.05) is 0 Å². The van der Waals surface area contributed by atoms with Crippen molar-refractivity contribution in [3.05, 3.63) is 54.1 Å². The Morgan fingerprint density at radius 1 is 1.26 bits per heavy atom. The quantitative estimate of drug-likeness (QED) is 0.527. The first kappa shape index (κ1) is 16.6. The van der Waals surface area contributed by atoms with E-state index in [4.69, 9.17) is 9.47 Å². The summed E-state index contributed by atoms with van der Waals surface area (Å²) in [6.07, 6.45) is 3.82. The van der Waals surface area contributed by atoms with Crippen molar-refractivity contribution in [3.8, 4) is 11.6 Å². The van der Waals surface area contributed by atoms with Crippen LogP contribution < -0.4 is 14.8 Å². The van der Waals surface area contributed by atoms with Gasteiger partial charge >= 0.3 is 11.9 Å². The Bertz CT molecular complexity index is 1090. The molecule has 4 rings (SSSR count). The molecule has 2 aromatic heterocycles. The molecule has 1 amide bonds. The van der Waals surface area contributed by atoms with Crippen LogP contribution in [0.15, 0.2) is 48.4 Å². The third-order valence-electron chi connectivity index (χ3n) is 4.12. The number of carbonyl (C=O) groups is 3. The van der Waals surface area contributed by atoms with E-state index in [1.807, 2.05) is 6.07 Å². The standard InChI is InChI=1S/C18H14N4O5/c1-22-13-5-3-2-4-11(13)15-17(22)26-14(23)6-12(18(25)27-15)16(24)20-8-10-7-19-9-21-10/h2-7,9H,8H2,1H3,(H,19,21)(H,20,24)/b12-6-. The van der Waals surface area contributed by atoms with Crippen LogP contribution in [0.4, 0.5) is 0 Å². The minimum atomic E-state index is -0.939. The lowest BCUT2D eigenvalue weighted by Crippen LogP contribution is -2.32. The van der Waals surface area contributed by atoms with Crippen LogP contribution in [0, 0.1) is 0 Å². The molecule has 0 unspecified atom stereocenters. The molecule has 0 radical (unpaired) electrons. The number of aromatic amines is 1. The summed E-state index contributed by atoms with van der Waals surface area (Å²) in [5, 5.41) is 3.12. The predicted molar refractivity (Wildman–Crippen MR) is 92.7 cm³/mol. The maximum atomic E-state index is 12.5. The molecule has 9 nitrogen and oxygen atoms in total. The highest BCUT2D eigenvalue weighted by Gasteiger charge is 2.30. The first-order valence-electron chi connectivity index (χ1n) is 8.03. The second-order valence-corrected chi connectivity index (χ2v) is 5.84. The van der Waals surface area contributed by atoms with E-state index >= 15 is 0 Å². The van der Waals surface area contributed by atoms with E-state index in [2.05, 4.69) is 15.3 Å². The summed E-state index contributed by atoms with van der Waals surface area (Å²) in [7, 11) is 1.69. The lowest BCUT2D eigenvalue weighted by molar-refractivity contribution is -0.136. The number of hydrogen-bond acceptors (Lipinski definition) is 6. The smallest absolute Gasteiger partial charge is 0.349 e. The number of ether oxygens (including phenoxy) is 2. The molecule has 0 fully saturated rings. The van der Waals surface area contributed by atoms with Gasteiger partial charge in [-0.15, -0.1) is 0 Å². The number of aryl methyl sites for hydroxylation is 1. The molecule has 27 heavy (non-hydrogen) atoms. The summed E-state index contributed by atoms with van der Waals surface area (Å²) in [5.74, 6) is -2.34. The lowest BCUT2D eigenvalue weighted by atomic mass is 10.2. The Morgan fingerprint density at radius 3 is 2.85 bits per heavy atom. The summed E-state index contributed by atoms with van der Waals surface area (Å²) in [5.41, 5.74) is 0.912. The molecule has 0 atom stereocenters. The van der Waals surface area contributed by atoms with Gasteiger partial charge < -0.3 is 24.3 Å². The molecule has 1 aliphatic rings. The zero-order valence-electron chi connectivity index (χ0n) is 14.2. The molecule has 0 spiro atoms. The monoisotopic (exact) mass is 366 g/mol. The zero-order chi connectivity index (χ0) is 19.0. The van der Waals surface area contributed by atoms with Gasteiger partial charge in [-0.25, -0.2) is 14.6 Å². The third kappa shape index (κ3) is 2.95. The Hall–Kier alpha value is -3.88. The van der Waals surface area contributed by atoms with E-state index in [0.29, 0.717) is 11.1 Å². The number of carbonyl (C=O) groups excluding carboxylic acids is 3. The van der Waals surface area contributed by atoms with Crippen molar-refractivity contribution in [1.82, 2.24) is 19.9 Å². The number of nitrogens with one attached hydrogen (secondary N) is 2. The fourth-order valence-electron chi connectivity index (χ4n) is 2.81. The average molecular weight is 366 g/mol. The minimum absolute atomic E-state index is 0.0958. The van der Waals surface area contributed by atoms with E-state index in [1.165, 1.54) is 12.5 Å². The molecule has 1 aromatic carbocycles. The summed E-state index contributed by atoms with van der Waals surface area (Å²) in [6.45, 7) is 0.109. The number of nitrogens with zero attached hydrogens (tertiary/aromatic N) is 2. The highest BCUT2D eigenvalue weighted by molar-refractivity contribution is 6.20. The van der Waals surface area contributed by atoms with Gasteiger partial charge in [0, 0.05) is 24.7 Å². The van der Waals surface area contributed by atoms with Crippen molar-refractivity contribution in [1.29, 1.82) is 0 Å². The highest BCUT2D eigenvalue weighted by atomic mass is 16.6. The van der Waals surface area contributed by atoms with Gasteiger partial charge in [-0.1, -0.05) is 12.1 Å². The van der Waals surface area contributed by atoms with E-state index in [-0.39, 0.29) is 18.2 Å². The molecule has 9 heteroatoms. The number of benzene rings is 1. The number of para-hydroxylation sites is 1. The largest absolute Gasteiger partial charge is 0.416 e. The van der Waals surface area contributed by atoms with Crippen molar-refractivity contribution < 1.29 is 23.9 Å². The van der Waals surface area contributed by atoms with E-state index in [1.54, 1.807) is 29.8 Å². The molecular weight excluding hydrogens is 352 g/mol. The van der Waals surface area contributed by atoms with E-state index < -0.39 is 23.4 Å². The second-order valence-electron chi connectivity index (χ2n) is 5.84. The minimum Gasteiger partial charge on any atom is -0.416 e. The lowest BCUT2D eigenvalue weighted by Gasteiger charge is -2.13. The molecule has 3 aromatic rings. The fourth-order valence-corrected chi connectivity index (χ4v) is 2.81. The van der Waals surface area contributed by atoms with Gasteiger partial charge in [-0.05, 0) is 12.1 Å². The first-order chi connectivity index (χ1) is 13.0. The molecule has 1 aliphatic heterocycles. The van der Waals surface area contributed by atoms with Crippen LogP contribution in [0.25, 0.3) is 10.9 Å². The Morgan fingerprint density at radius 2 is 2.07 bits per heavy atom. The Labute approximate surface area is 152 Å². The van der Waals surface area contributed by atoms with Crippen LogP contribution in [-0.4, -0.2) is 32.4 Å². The molecule has 0 saturated heterocycles. The fraction of sp³-hybridized carbons (Fsp3) is 0.111. The summed E-state index contributed by atoms with van der Waals surface area (Å²) in [4.78, 5) is 43.8. The zero-order valence-corrected chi connectivity index (χ0v) is 14.2. The number of fused-ring (bicyclic) bond motifs is 3. The molecular formula is C18H14N4O5. The van der Waals surface area contributed by atoms with Gasteiger partial charge in [-0.3, -0.25) is 4.79 Å². The second kappa shape index (κ2) is 6.45. The normalized spacial score (nSPS) is 15.8. The topological polar surface area (TPSA) is 115 Å². The number of aromatic nitrogens is 3. The van der Waals surface area contributed by atoms with Crippen molar-refractivity contribution in [3.63, 3.8) is 0 Å². The molecule has 3 heterocycles. The predicted octanol–water partition coefficient (Wildman–Crippen LogP) is 0.969. The van der Waals surface area contributed by atoms with Gasteiger partial charge in [0.15, 0.2) is 0 Å². The van der Waals surface area contributed by atoms with Gasteiger partial charge in [0.1, 0.15) is 5.57 Å². The number of imidazole rings is 1. The van der Waals surface area contributed by atoms with Gasteiger partial charge in [0.2, 0.25) is 11.6 Å². The van der Waals surface area contributed by atoms with Gasteiger partial charge in [-0.2, -0.15) is 0 Å². The number of amides is 1. The van der Waals surface area contributed by atoms with Crippen LogP contribution in [0.3, 0.4) is 0 Å². The number of hydrogen-bond donors (Lipinski definition) is 2. The van der Waals surface area contributed by atoms with E-state index in [9.17, 15) is 14.4 Å². The van der Waals surface area contributed by atoms with Crippen LogP contribution in [0.5, 0.6) is 11.6 Å². The molecule has 0 bridgehead atoms. The first-order valence-corrected chi connectivity index (χ1v) is 8.03. The SMILES string of the molecule is Cn1c2c(c3ccccc31)OC(=O)/C(C(=O)NCc1cnc[nH]1)=C\C(=O)O2. The average Bonchev–Trinajstić information content (AvgIpc) is 3.26. The van der Waals surface area contributed by atoms with Gasteiger partial charge in [0.05, 0.1) is 24.1 Å². The molecule has 0 aliphatic carbocycles. The summed E-state index contributed by atoms with van der Waals surface area (Å²) in [6, 6.07) is 7.11. The maximum Gasteiger partial charge on any atom is 0.349 e. The third-order valence-corrected chi connectivity index (χ3v) is 4.12. The number of esters is 2. The Kier molecular flexibility index (Phi) is 3.96. The van der Waals surface area contributed by atoms with E-state index in [0.717, 1.165) is 11.6 Å². The number of rotatable bonds is 3. The molecule has 0 saturated carbocycles. The summed E-state index contributed by atoms with van der Waals surface area (Å²) >= 11 is 0. The maximum absolute atomic E-state index is 12.5. The Balaban J connectivity index is 1.65. The van der Waals surface area contributed by atoms with Gasteiger partial charge in [0.25, 0.3) is 5.91 Å². The summed E-state index contributed by atoms with van der Waals surface area (Å²) < 4.78 is 12.3. The van der Waals surface area contributed by atoms with Crippen molar-refractivity contribution >= 4 is 28.7 Å². The van der Waals surface area contributed by atoms with Crippen LogP contribution in [0.2, 0.25) is 0 Å². The van der Waals surface area contributed by atoms with Crippen LogP contribution >= 0.6 is 0 Å². The van der Waals surface area contributed by atoms with Crippen LogP contribution in [0.1, 0.15) is 5.69 Å². The van der Waals surface area contributed by atoms with Crippen molar-refractivity contribution in [2.24, 2.45) is 7.05 Å². The van der Waals surface area contributed by atoms with Crippen LogP contribution in [-0.2, 0) is 28.0 Å². The molecule has 2 N–H and O–H groups in total. The number of H-pyrrole nitrogens is 1. The molecule has 136 valence electrons. The highest BCUT2D eigenvalue weighted by Crippen LogP contribution is 2.39.